The maximum absolute atomic E-state index is 14.1. The first-order valence-electron chi connectivity index (χ1n) is 37.1. The Bertz CT molecular complexity index is 2570. The zero-order chi connectivity index (χ0) is 68.1. The van der Waals surface area contributed by atoms with Gasteiger partial charge in [-0.15, -0.1) is 45.3 Å². The monoisotopic (exact) mass is 1530 g/mol. The van der Waals surface area contributed by atoms with E-state index in [-0.39, 0.29) is 18.9 Å². The normalized spacial score (nSPS) is 11.7. The minimum absolute atomic E-state index is 0. The van der Waals surface area contributed by atoms with Crippen molar-refractivity contribution in [3.8, 4) is 19.5 Å². The molecule has 2 aliphatic carbocycles. The Morgan fingerprint density at radius 2 is 0.667 bits per heavy atom. The van der Waals surface area contributed by atoms with E-state index >= 15 is 0 Å². The minimum Gasteiger partial charge on any atom is -0.343 e. The number of rotatable bonds is 46. The fraction of sp³-hybridized carbons (Fsp3) is 0.740. The van der Waals surface area contributed by atoms with Crippen molar-refractivity contribution < 1.29 is 33.2 Å². The molecule has 1 amide bonds. The molecule has 2 aliphatic rings. The van der Waals surface area contributed by atoms with Crippen LogP contribution in [0.2, 0.25) is 19.6 Å². The van der Waals surface area contributed by atoms with E-state index in [4.69, 9.17) is 11.6 Å². The fourth-order valence-corrected chi connectivity index (χ4v) is 21.7. The summed E-state index contributed by atoms with van der Waals surface area (Å²) in [4.78, 5) is 45.4. The van der Waals surface area contributed by atoms with E-state index < -0.39 is 13.4 Å². The van der Waals surface area contributed by atoms with Crippen molar-refractivity contribution in [2.75, 3.05) is 14.1 Å². The summed E-state index contributed by atoms with van der Waals surface area (Å²) in [6.45, 7) is 24.5. The van der Waals surface area contributed by atoms with Gasteiger partial charge in [0.1, 0.15) is 0 Å². The van der Waals surface area contributed by atoms with Crippen LogP contribution in [0, 0.1) is 13.8 Å². The molecule has 0 bridgehead atoms. The van der Waals surface area contributed by atoms with Gasteiger partial charge in [-0.05, 0) is 129 Å². The largest absolute Gasteiger partial charge is 1.00 e. The molecule has 4 aromatic rings. The molecule has 523 valence electrons. The number of amides is 1. The van der Waals surface area contributed by atoms with Gasteiger partial charge in [-0.25, -0.2) is 0 Å². The van der Waals surface area contributed by atoms with E-state index in [0.29, 0.717) is 11.6 Å². The number of ketones is 2. The molecule has 0 N–H and O–H groups in total. The minimum atomic E-state index is -1.50. The van der Waals surface area contributed by atoms with Crippen LogP contribution in [0.5, 0.6) is 0 Å². The van der Waals surface area contributed by atoms with Gasteiger partial charge in [0.2, 0.25) is 0 Å². The van der Waals surface area contributed by atoms with Gasteiger partial charge in [-0.3, -0.25) is 14.4 Å². The predicted octanol–water partition coefficient (Wildman–Crippen LogP) is 26.0. The number of hydrogen-bond donors (Lipinski definition) is 1. The van der Waals surface area contributed by atoms with Crippen LogP contribution in [0.1, 0.15) is 363 Å². The van der Waals surface area contributed by atoms with E-state index in [0.717, 1.165) is 54.4 Å². The van der Waals surface area contributed by atoms with Gasteiger partial charge in [0.15, 0.2) is 11.6 Å². The third-order valence-corrected chi connectivity index (χ3v) is 28.6. The predicted molar refractivity (Wildman–Crippen MR) is 430 cm³/mol. The Morgan fingerprint density at radius 1 is 0.452 bits per heavy atom. The average molecular weight is 1530 g/mol. The van der Waals surface area contributed by atoms with E-state index in [9.17, 15) is 14.4 Å². The molecule has 16 heteroatoms. The number of halogens is 3. The first kappa shape index (κ1) is 90.9. The molecule has 0 fully saturated rings. The SMILES string of the molecule is CCCCCCCCCCCCc1c(Br)sc2c1C(=O)c1c-2sc(Br)c1CCCCCCCCCCCC.CCCCCCCCCCCCc1c(C)sc2c1C(=O)c1c-2sc([Si](C)(C)C)c1CCCCCCCCCCCC.CN(C)C(=O)Cl.[B]=NS.[CH2-]CCC.[Li+]. The third-order valence-electron chi connectivity index (χ3n) is 18.0. The Balaban J connectivity index is 0.000000775. The average Bonchev–Trinajstić information content (AvgIpc) is 1.57. The molecule has 5 nitrogen and oxygen atoms in total. The number of thiophene rings is 4. The molecule has 0 spiro atoms. The smallest absolute Gasteiger partial charge is 0.343 e. The number of unbranched alkanes of at least 4 members (excludes halogenated alkanes) is 37. The summed E-state index contributed by atoms with van der Waals surface area (Å²) in [5.41, 5.74) is 9.69. The summed E-state index contributed by atoms with van der Waals surface area (Å²) in [6, 6.07) is 0. The van der Waals surface area contributed by atoms with Crippen LogP contribution in [0.25, 0.3) is 19.5 Å². The third kappa shape index (κ3) is 34.4. The molecular weight excluding hydrogens is 1400 g/mol. The molecule has 0 saturated carbocycles. The van der Waals surface area contributed by atoms with Crippen LogP contribution in [0.4, 0.5) is 4.79 Å². The second-order valence-electron chi connectivity index (χ2n) is 27.3. The molecule has 0 atom stereocenters. The number of aryl methyl sites for hydroxylation is 1. The fourth-order valence-electron chi connectivity index (χ4n) is 12.5. The second-order valence-corrected chi connectivity index (χ2v) is 40.2. The maximum atomic E-state index is 14.1. The summed E-state index contributed by atoms with van der Waals surface area (Å²) in [5, 5.41) is -0.435. The van der Waals surface area contributed by atoms with Gasteiger partial charge in [-0.2, -0.15) is 6.42 Å². The molecule has 6 rings (SSSR count). The molecule has 0 aromatic carbocycles. The molecular formula is C77H128BBr2ClLiN2O3S5Si. The van der Waals surface area contributed by atoms with Crippen molar-refractivity contribution in [1.29, 1.82) is 0 Å². The van der Waals surface area contributed by atoms with Gasteiger partial charge >= 0.3 is 49.0 Å². The first-order chi connectivity index (χ1) is 44.4. The van der Waals surface area contributed by atoms with Crippen LogP contribution < -0.4 is 23.4 Å². The zero-order valence-corrected chi connectivity index (χ0v) is 70.2. The van der Waals surface area contributed by atoms with Crippen LogP contribution in [0.3, 0.4) is 0 Å². The number of carbonyl (C=O) groups is 3. The quantitative estimate of drug-likeness (QED) is 0.0103. The molecule has 0 unspecified atom stereocenters. The number of thiol groups is 1. The van der Waals surface area contributed by atoms with E-state index in [1.165, 1.54) is 322 Å². The standard InChI is InChI=1S/C37H62OS2Si.C33H50Br2OS2.C4H9.C3H6ClNO.BHNS.Li/c1-7-9-11-13-15-17-19-21-23-25-27-30-29(3)39-35-32(30)34(38)33-31(37(40-36(33)35)41(4,5)6)28-26-24-22-20-18-16-14-12-10-8-2;1-3-5-7-9-11-13-15-17-19-21-23-25-27-29(36)28-26(33(35)38-31(28)30(27)37-32(25)34)24-22-20-18-16-14-12-10-8-6-4-2;1-3-4-2;1-5(2)3(4)6;1-2-3;/h7-28H2,1-6H3;3-24H2,1-2H3;1,3-4H2,2H3;1-2H3;3H;/q;;-1;;;+1. The Kier molecular flexibility index (Phi) is 54.3. The molecule has 93 heavy (non-hydrogen) atoms. The summed E-state index contributed by atoms with van der Waals surface area (Å²) in [5.74, 6) is 0.673. The number of carbonyl (C=O) groups excluding carboxylic acids is 3. The van der Waals surface area contributed by atoms with Gasteiger partial charge in [0.25, 0.3) is 0 Å². The molecule has 1 radical (unpaired) electrons. The van der Waals surface area contributed by atoms with Crippen LogP contribution in [-0.2, 0) is 25.7 Å². The molecule has 4 heterocycles. The Labute approximate surface area is 629 Å². The van der Waals surface area contributed by atoms with Gasteiger partial charge in [-0.1, -0.05) is 292 Å². The van der Waals surface area contributed by atoms with Gasteiger partial charge in [0.05, 0.1) is 35.2 Å². The number of fused-ring (bicyclic) bond motifs is 6. The topological polar surface area (TPSA) is 66.8 Å². The van der Waals surface area contributed by atoms with Crippen LogP contribution >= 0.6 is 102 Å². The van der Waals surface area contributed by atoms with Crippen molar-refractivity contribution in [2.45, 2.75) is 357 Å². The first-order valence-corrected chi connectivity index (χ1v) is 46.2. The molecule has 0 saturated heterocycles. The number of hydrogen-bond acceptors (Lipinski definition) is 9. The zero-order valence-electron chi connectivity index (χ0n) is 61.1. The van der Waals surface area contributed by atoms with Crippen molar-refractivity contribution in [3.63, 3.8) is 0 Å². The van der Waals surface area contributed by atoms with E-state index in [1.807, 2.05) is 22.7 Å². The Hall–Kier alpha value is -0.111. The summed E-state index contributed by atoms with van der Waals surface area (Å²) < 4.78 is 6.65. The van der Waals surface area contributed by atoms with Crippen LogP contribution in [0.15, 0.2) is 11.9 Å². The molecule has 4 aromatic heterocycles. The van der Waals surface area contributed by atoms with Crippen LogP contribution in [-0.4, -0.2) is 51.6 Å². The van der Waals surface area contributed by atoms with Gasteiger partial charge < -0.3 is 11.8 Å². The van der Waals surface area contributed by atoms with Crippen molar-refractivity contribution in [2.24, 2.45) is 4.30 Å². The summed E-state index contributed by atoms with van der Waals surface area (Å²) in [7, 11) is 6.02. The Morgan fingerprint density at radius 3 is 0.925 bits per heavy atom. The second kappa shape index (κ2) is 55.6. The van der Waals surface area contributed by atoms with Crippen molar-refractivity contribution in [3.05, 3.63) is 63.9 Å². The number of nitrogens with zero attached hydrogens (tertiary/aromatic N) is 2. The van der Waals surface area contributed by atoms with Gasteiger partial charge in [0, 0.05) is 41.2 Å². The molecule has 0 aliphatic heterocycles. The summed E-state index contributed by atoms with van der Waals surface area (Å²) >= 11 is 23.2. The van der Waals surface area contributed by atoms with E-state index in [1.54, 1.807) is 41.3 Å². The van der Waals surface area contributed by atoms with Crippen molar-refractivity contribution >= 4 is 139 Å². The van der Waals surface area contributed by atoms with Crippen molar-refractivity contribution in [1.82, 2.24) is 4.90 Å². The maximum Gasteiger partial charge on any atom is 1.00 e. The van der Waals surface area contributed by atoms with E-state index in [2.05, 4.69) is 125 Å². The summed E-state index contributed by atoms with van der Waals surface area (Å²) in [6.07, 6.45) is 60.8.